The van der Waals surface area contributed by atoms with E-state index in [-0.39, 0.29) is 5.97 Å². The topological polar surface area (TPSA) is 52.3 Å². The highest BCUT2D eigenvalue weighted by Gasteiger charge is 2.12. The monoisotopic (exact) mass is 353 g/mol. The summed E-state index contributed by atoms with van der Waals surface area (Å²) in [5.74, 6) is 2.37. The summed E-state index contributed by atoms with van der Waals surface area (Å²) < 4.78 is 4.57. The van der Waals surface area contributed by atoms with Gasteiger partial charge in [-0.05, 0) is 30.4 Å². The molecule has 0 spiro atoms. The highest BCUT2D eigenvalue weighted by Crippen LogP contribution is 2.30. The Morgan fingerprint density at radius 1 is 1.35 bits per heavy atom. The summed E-state index contributed by atoms with van der Waals surface area (Å²) >= 11 is 15.4. The Morgan fingerprint density at radius 2 is 2.10 bits per heavy atom. The zero-order chi connectivity index (χ0) is 15.0. The van der Waals surface area contributed by atoms with Gasteiger partial charge in [-0.3, -0.25) is 4.79 Å². The molecule has 0 aliphatic carbocycles. The second kappa shape index (κ2) is 9.79. The largest absolute Gasteiger partial charge is 0.468 e. The van der Waals surface area contributed by atoms with Crippen molar-refractivity contribution >= 4 is 52.7 Å². The molecule has 0 aliphatic rings. The predicted octanol–water partition coefficient (Wildman–Crippen LogP) is 3.71. The number of nitrogens with two attached hydrogens (primary N) is 1. The van der Waals surface area contributed by atoms with Crippen LogP contribution in [0.2, 0.25) is 10.0 Å². The van der Waals surface area contributed by atoms with Gasteiger partial charge >= 0.3 is 5.97 Å². The molecule has 20 heavy (non-hydrogen) atoms. The highest BCUT2D eigenvalue weighted by atomic mass is 35.5. The van der Waals surface area contributed by atoms with E-state index in [1.54, 1.807) is 35.7 Å². The van der Waals surface area contributed by atoms with Gasteiger partial charge in [-0.25, -0.2) is 0 Å². The van der Waals surface area contributed by atoms with Crippen LogP contribution in [-0.4, -0.2) is 36.4 Å². The number of benzene rings is 1. The molecule has 0 aliphatic heterocycles. The Morgan fingerprint density at radius 3 is 2.80 bits per heavy atom. The molecule has 0 saturated carbocycles. The fourth-order valence-corrected chi connectivity index (χ4v) is 3.96. The first-order chi connectivity index (χ1) is 9.54. The van der Waals surface area contributed by atoms with E-state index in [2.05, 4.69) is 4.74 Å². The van der Waals surface area contributed by atoms with Gasteiger partial charge < -0.3 is 10.5 Å². The molecule has 7 heteroatoms. The maximum absolute atomic E-state index is 11.1. The Labute approximate surface area is 137 Å². The van der Waals surface area contributed by atoms with Gasteiger partial charge in [-0.15, -0.1) is 11.8 Å². The summed E-state index contributed by atoms with van der Waals surface area (Å²) in [4.78, 5) is 12.1. The number of halogens is 2. The molecule has 1 unspecified atom stereocenters. The van der Waals surface area contributed by atoms with Crippen LogP contribution in [0.3, 0.4) is 0 Å². The van der Waals surface area contributed by atoms with Crippen LogP contribution in [0.1, 0.15) is 6.42 Å². The fourth-order valence-electron chi connectivity index (χ4n) is 1.38. The van der Waals surface area contributed by atoms with Crippen molar-refractivity contribution in [1.29, 1.82) is 0 Å². The molecule has 0 radical (unpaired) electrons. The van der Waals surface area contributed by atoms with Gasteiger partial charge in [0, 0.05) is 21.4 Å². The van der Waals surface area contributed by atoms with Crippen molar-refractivity contribution in [1.82, 2.24) is 0 Å². The average molecular weight is 354 g/mol. The van der Waals surface area contributed by atoms with Crippen LogP contribution in [0.4, 0.5) is 0 Å². The normalized spacial score (nSPS) is 12.2. The number of hydrogen-bond acceptors (Lipinski definition) is 5. The third-order valence-corrected chi connectivity index (χ3v) is 5.46. The van der Waals surface area contributed by atoms with Gasteiger partial charge in [0.15, 0.2) is 0 Å². The van der Waals surface area contributed by atoms with Crippen LogP contribution >= 0.6 is 46.7 Å². The van der Waals surface area contributed by atoms with Crippen molar-refractivity contribution in [3.8, 4) is 0 Å². The number of esters is 1. The van der Waals surface area contributed by atoms with Crippen molar-refractivity contribution < 1.29 is 9.53 Å². The van der Waals surface area contributed by atoms with E-state index in [1.165, 1.54) is 7.11 Å². The van der Waals surface area contributed by atoms with E-state index in [0.717, 1.165) is 27.2 Å². The van der Waals surface area contributed by atoms with Crippen molar-refractivity contribution in [2.24, 2.45) is 5.73 Å². The first kappa shape index (κ1) is 18.0. The minimum absolute atomic E-state index is 0.356. The molecule has 0 fully saturated rings. The summed E-state index contributed by atoms with van der Waals surface area (Å²) in [7, 11) is 1.35. The van der Waals surface area contributed by atoms with Crippen LogP contribution in [0.5, 0.6) is 0 Å². The number of methoxy groups -OCH3 is 1. The number of carbonyl (C=O) groups is 1. The number of hydrogen-bond donors (Lipinski definition) is 1. The quantitative estimate of drug-likeness (QED) is 0.438. The molecule has 0 aromatic heterocycles. The van der Waals surface area contributed by atoms with E-state index < -0.39 is 6.04 Å². The Balaban J connectivity index is 2.16. The molecule has 1 aromatic carbocycles. The van der Waals surface area contributed by atoms with Gasteiger partial charge in [0.2, 0.25) is 0 Å². The minimum atomic E-state index is -0.525. The lowest BCUT2D eigenvalue weighted by molar-refractivity contribution is -0.142. The first-order valence-corrected chi connectivity index (χ1v) is 8.93. The predicted molar refractivity (Wildman–Crippen MR) is 89.1 cm³/mol. The number of thioether (sulfide) groups is 2. The highest BCUT2D eigenvalue weighted by molar-refractivity contribution is 8.03. The minimum Gasteiger partial charge on any atom is -0.468 e. The summed E-state index contributed by atoms with van der Waals surface area (Å²) in [5.41, 5.74) is 5.64. The lowest BCUT2D eigenvalue weighted by Gasteiger charge is -2.08. The second-order valence-corrected chi connectivity index (χ2v) is 7.16. The smallest absolute Gasteiger partial charge is 0.322 e. The van der Waals surface area contributed by atoms with E-state index in [4.69, 9.17) is 28.9 Å². The second-order valence-electron chi connectivity index (χ2n) is 3.95. The molecule has 1 atom stereocenters. The zero-order valence-corrected chi connectivity index (χ0v) is 14.2. The van der Waals surface area contributed by atoms with E-state index in [1.807, 2.05) is 6.07 Å². The molecule has 2 N–H and O–H groups in total. The maximum atomic E-state index is 11.1. The Kier molecular flexibility index (Phi) is 8.80. The summed E-state index contributed by atoms with van der Waals surface area (Å²) in [6.07, 6.45) is 0.625. The Bertz CT molecular complexity index is 446. The Hall–Kier alpha value is -0.0700. The van der Waals surface area contributed by atoms with E-state index in [9.17, 15) is 4.79 Å². The SMILES string of the molecule is COC(=O)C(N)CCSCCSc1cc(Cl)ccc1Cl. The lowest BCUT2D eigenvalue weighted by atomic mass is 10.2. The third kappa shape index (κ3) is 6.59. The fraction of sp³-hybridized carbons (Fsp3) is 0.462. The van der Waals surface area contributed by atoms with Gasteiger partial charge in [0.1, 0.15) is 6.04 Å². The molecule has 0 heterocycles. The molecule has 1 aromatic rings. The number of ether oxygens (including phenoxy) is 1. The standard InChI is InChI=1S/C13H17Cl2NO2S2/c1-18-13(17)11(16)4-5-19-6-7-20-12-8-9(14)2-3-10(12)15/h2-3,8,11H,4-7,16H2,1H3. The first-order valence-electron chi connectivity index (χ1n) is 6.03. The molecule has 112 valence electrons. The summed E-state index contributed by atoms with van der Waals surface area (Å²) in [6, 6.07) is 4.92. The molecule has 3 nitrogen and oxygen atoms in total. The van der Waals surface area contributed by atoms with Crippen molar-refractivity contribution in [3.05, 3.63) is 28.2 Å². The number of carbonyl (C=O) groups excluding carboxylic acids is 1. The van der Waals surface area contributed by atoms with E-state index >= 15 is 0 Å². The molecule has 0 saturated heterocycles. The van der Waals surface area contributed by atoms with Crippen LogP contribution in [-0.2, 0) is 9.53 Å². The van der Waals surface area contributed by atoms with Crippen molar-refractivity contribution in [3.63, 3.8) is 0 Å². The zero-order valence-electron chi connectivity index (χ0n) is 11.1. The molecule has 0 amide bonds. The van der Waals surface area contributed by atoms with Crippen LogP contribution in [0, 0.1) is 0 Å². The molecular formula is C13H17Cl2NO2S2. The maximum Gasteiger partial charge on any atom is 0.322 e. The summed E-state index contributed by atoms with van der Waals surface area (Å²) in [6.45, 7) is 0. The van der Waals surface area contributed by atoms with Crippen molar-refractivity contribution in [2.45, 2.75) is 17.4 Å². The average Bonchev–Trinajstić information content (AvgIpc) is 2.44. The van der Waals surface area contributed by atoms with Gasteiger partial charge in [-0.1, -0.05) is 23.2 Å². The molecule has 0 bridgehead atoms. The molecule has 1 rings (SSSR count). The lowest BCUT2D eigenvalue weighted by Crippen LogP contribution is -2.32. The van der Waals surface area contributed by atoms with Crippen LogP contribution in [0.15, 0.2) is 23.1 Å². The summed E-state index contributed by atoms with van der Waals surface area (Å²) in [5, 5.41) is 1.41. The van der Waals surface area contributed by atoms with Crippen LogP contribution < -0.4 is 5.73 Å². The third-order valence-electron chi connectivity index (χ3n) is 2.46. The van der Waals surface area contributed by atoms with Crippen molar-refractivity contribution in [2.75, 3.05) is 24.4 Å². The van der Waals surface area contributed by atoms with E-state index in [0.29, 0.717) is 11.4 Å². The molecular weight excluding hydrogens is 337 g/mol. The van der Waals surface area contributed by atoms with Gasteiger partial charge in [0.25, 0.3) is 0 Å². The van der Waals surface area contributed by atoms with Gasteiger partial charge in [0.05, 0.1) is 12.1 Å². The van der Waals surface area contributed by atoms with Gasteiger partial charge in [-0.2, -0.15) is 11.8 Å². The van der Waals surface area contributed by atoms with Crippen LogP contribution in [0.25, 0.3) is 0 Å². The number of rotatable bonds is 8.